The summed E-state index contributed by atoms with van der Waals surface area (Å²) in [5.74, 6) is -0.948. The van der Waals surface area contributed by atoms with Crippen LogP contribution in [0.1, 0.15) is 22.4 Å². The van der Waals surface area contributed by atoms with E-state index < -0.39 is 23.5 Å². The lowest BCUT2D eigenvalue weighted by Gasteiger charge is -2.26. The molecular weight excluding hydrogens is 426 g/mol. The average Bonchev–Trinajstić information content (AvgIpc) is 3.57. The van der Waals surface area contributed by atoms with E-state index in [0.29, 0.717) is 33.9 Å². The first kappa shape index (κ1) is 20.4. The predicted octanol–water partition coefficient (Wildman–Crippen LogP) is 4.83. The van der Waals surface area contributed by atoms with E-state index in [4.69, 9.17) is 18.3 Å². The maximum Gasteiger partial charge on any atom is 0.294 e. The molecular formula is C25H19NO7. The molecule has 4 aromatic rings. The predicted molar refractivity (Wildman–Crippen MR) is 119 cm³/mol. The van der Waals surface area contributed by atoms with Crippen molar-refractivity contribution in [3.05, 3.63) is 89.8 Å². The number of benzene rings is 2. The summed E-state index contributed by atoms with van der Waals surface area (Å²) in [4.78, 5) is 28.1. The number of para-hydroxylation sites is 3. The quantitative estimate of drug-likeness (QED) is 0.424. The van der Waals surface area contributed by atoms with Crippen LogP contribution >= 0.6 is 0 Å². The molecule has 0 spiro atoms. The summed E-state index contributed by atoms with van der Waals surface area (Å²) in [6, 6.07) is 15.9. The van der Waals surface area contributed by atoms with Crippen LogP contribution in [0.15, 0.2) is 87.1 Å². The number of rotatable bonds is 6. The number of ketones is 1. The summed E-state index contributed by atoms with van der Waals surface area (Å²) in [6.45, 7) is 0. The number of Topliss-reactive ketones (excluding diaryl/α,β-unsaturated/α-hetero) is 1. The number of fused-ring (bicyclic) bond motifs is 1. The second-order valence-electron chi connectivity index (χ2n) is 7.35. The fraction of sp³-hybridized carbons (Fsp3) is 0.120. The van der Waals surface area contributed by atoms with Crippen LogP contribution in [0.2, 0.25) is 0 Å². The van der Waals surface area contributed by atoms with Gasteiger partial charge in [0.1, 0.15) is 17.6 Å². The zero-order valence-corrected chi connectivity index (χ0v) is 17.8. The Morgan fingerprint density at radius 1 is 1.00 bits per heavy atom. The van der Waals surface area contributed by atoms with Gasteiger partial charge in [0.2, 0.25) is 5.78 Å². The monoisotopic (exact) mass is 445 g/mol. The van der Waals surface area contributed by atoms with Crippen LogP contribution in [0.25, 0.3) is 11.0 Å². The van der Waals surface area contributed by atoms with Gasteiger partial charge in [-0.15, -0.1) is 0 Å². The highest BCUT2D eigenvalue weighted by Crippen LogP contribution is 2.45. The van der Waals surface area contributed by atoms with Gasteiger partial charge in [-0.1, -0.05) is 24.3 Å². The second kappa shape index (κ2) is 7.90. The number of amides is 1. The molecule has 8 heteroatoms. The van der Waals surface area contributed by atoms with Crippen molar-refractivity contribution in [3.63, 3.8) is 0 Å². The smallest absolute Gasteiger partial charge is 0.294 e. The Labute approximate surface area is 188 Å². The first-order valence-electron chi connectivity index (χ1n) is 10.1. The number of carbonyl (C=O) groups excluding carboxylic acids is 2. The Morgan fingerprint density at radius 3 is 2.48 bits per heavy atom. The van der Waals surface area contributed by atoms with Crippen molar-refractivity contribution in [2.75, 3.05) is 19.1 Å². The van der Waals surface area contributed by atoms with E-state index >= 15 is 0 Å². The molecule has 2 aromatic heterocycles. The lowest BCUT2D eigenvalue weighted by molar-refractivity contribution is -0.117. The maximum absolute atomic E-state index is 13.6. The number of ether oxygens (including phenoxy) is 2. The number of aliphatic hydroxyl groups excluding tert-OH is 1. The molecule has 0 aliphatic carbocycles. The van der Waals surface area contributed by atoms with E-state index in [-0.39, 0.29) is 11.3 Å². The van der Waals surface area contributed by atoms with Gasteiger partial charge in [0, 0.05) is 5.39 Å². The van der Waals surface area contributed by atoms with E-state index in [2.05, 4.69) is 0 Å². The molecule has 1 amide bonds. The Kier molecular flexibility index (Phi) is 4.90. The minimum Gasteiger partial charge on any atom is -0.503 e. The molecule has 1 atom stereocenters. The van der Waals surface area contributed by atoms with Crippen LogP contribution in [0.3, 0.4) is 0 Å². The fourth-order valence-corrected chi connectivity index (χ4v) is 4.07. The van der Waals surface area contributed by atoms with Crippen LogP contribution in [-0.2, 0) is 4.79 Å². The molecule has 0 fully saturated rings. The summed E-state index contributed by atoms with van der Waals surface area (Å²) >= 11 is 0. The highest BCUT2D eigenvalue weighted by molar-refractivity contribution is 6.21. The number of hydrogen-bond donors (Lipinski definition) is 1. The van der Waals surface area contributed by atoms with Gasteiger partial charge in [0.05, 0.1) is 31.7 Å². The molecule has 8 nitrogen and oxygen atoms in total. The Bertz CT molecular complexity index is 1400. The lowest BCUT2D eigenvalue weighted by Crippen LogP contribution is -2.31. The van der Waals surface area contributed by atoms with Crippen LogP contribution < -0.4 is 14.4 Å². The normalized spacial score (nSPS) is 16.0. The molecule has 1 aliphatic rings. The Morgan fingerprint density at radius 2 is 1.76 bits per heavy atom. The van der Waals surface area contributed by atoms with Gasteiger partial charge in [-0.25, -0.2) is 0 Å². The number of aliphatic hydroxyl groups is 1. The molecule has 2 aromatic carbocycles. The lowest BCUT2D eigenvalue weighted by atomic mass is 9.99. The third-order valence-electron chi connectivity index (χ3n) is 5.56. The van der Waals surface area contributed by atoms with E-state index in [0.717, 1.165) is 0 Å². The first-order valence-corrected chi connectivity index (χ1v) is 10.1. The van der Waals surface area contributed by atoms with Crippen molar-refractivity contribution in [3.8, 4) is 11.5 Å². The number of carbonyl (C=O) groups is 2. The molecule has 1 N–H and O–H groups in total. The minimum atomic E-state index is -1.02. The molecule has 0 saturated carbocycles. The SMILES string of the molecule is COc1ccccc1N1C(=O)C(O)=C(C(=O)c2cc3cccc(OC)c3o2)C1c1ccco1. The molecule has 33 heavy (non-hydrogen) atoms. The summed E-state index contributed by atoms with van der Waals surface area (Å²) in [5.41, 5.74) is 0.620. The zero-order valence-electron chi connectivity index (χ0n) is 17.8. The third kappa shape index (κ3) is 3.15. The van der Waals surface area contributed by atoms with Crippen LogP contribution in [-0.4, -0.2) is 31.0 Å². The minimum absolute atomic E-state index is 0.0396. The maximum atomic E-state index is 13.6. The van der Waals surface area contributed by atoms with E-state index in [1.807, 2.05) is 0 Å². The van der Waals surface area contributed by atoms with Gasteiger partial charge in [0.15, 0.2) is 22.9 Å². The topological polar surface area (TPSA) is 102 Å². The summed E-state index contributed by atoms with van der Waals surface area (Å²) in [7, 11) is 2.98. The third-order valence-corrected chi connectivity index (χ3v) is 5.56. The number of furan rings is 2. The summed E-state index contributed by atoms with van der Waals surface area (Å²) in [6.07, 6.45) is 1.43. The highest BCUT2D eigenvalue weighted by atomic mass is 16.5. The molecule has 1 aliphatic heterocycles. The summed E-state index contributed by atoms with van der Waals surface area (Å²) < 4.78 is 22.1. The Hall–Kier alpha value is -4.46. The van der Waals surface area contributed by atoms with Crippen molar-refractivity contribution in [1.82, 2.24) is 0 Å². The molecule has 0 saturated heterocycles. The molecule has 5 rings (SSSR count). The number of hydrogen-bond acceptors (Lipinski definition) is 7. The first-order chi connectivity index (χ1) is 16.0. The Balaban J connectivity index is 1.66. The van der Waals surface area contributed by atoms with Gasteiger partial charge in [-0.2, -0.15) is 0 Å². The van der Waals surface area contributed by atoms with Crippen LogP contribution in [0.5, 0.6) is 11.5 Å². The largest absolute Gasteiger partial charge is 0.503 e. The van der Waals surface area contributed by atoms with Gasteiger partial charge >= 0.3 is 0 Å². The standard InChI is InChI=1S/C25H19NO7/c1-30-16-9-4-3-8-15(16)26-21(17-11-6-12-32-17)20(23(28)25(26)29)22(27)19-13-14-7-5-10-18(31-2)24(14)33-19/h3-13,21,28H,1-2H3. The molecule has 166 valence electrons. The molecule has 3 heterocycles. The zero-order chi connectivity index (χ0) is 23.1. The van der Waals surface area contributed by atoms with Gasteiger partial charge in [-0.3, -0.25) is 14.5 Å². The van der Waals surface area contributed by atoms with Crippen LogP contribution in [0.4, 0.5) is 5.69 Å². The molecule has 0 radical (unpaired) electrons. The van der Waals surface area contributed by atoms with E-state index in [1.165, 1.54) is 25.4 Å². The number of nitrogens with zero attached hydrogens (tertiary/aromatic N) is 1. The summed E-state index contributed by atoms with van der Waals surface area (Å²) in [5, 5.41) is 11.5. The van der Waals surface area contributed by atoms with Crippen molar-refractivity contribution in [1.29, 1.82) is 0 Å². The van der Waals surface area contributed by atoms with Gasteiger partial charge < -0.3 is 23.4 Å². The van der Waals surface area contributed by atoms with Crippen molar-refractivity contribution in [2.45, 2.75) is 6.04 Å². The highest BCUT2D eigenvalue weighted by Gasteiger charge is 2.47. The van der Waals surface area contributed by atoms with Crippen LogP contribution in [0, 0.1) is 0 Å². The van der Waals surface area contributed by atoms with E-state index in [9.17, 15) is 14.7 Å². The number of anilines is 1. The van der Waals surface area contributed by atoms with Crippen molar-refractivity contribution >= 4 is 28.3 Å². The molecule has 0 bridgehead atoms. The van der Waals surface area contributed by atoms with E-state index in [1.54, 1.807) is 60.7 Å². The van der Waals surface area contributed by atoms with Crippen molar-refractivity contribution in [2.24, 2.45) is 0 Å². The van der Waals surface area contributed by atoms with Crippen molar-refractivity contribution < 1.29 is 33.0 Å². The molecule has 1 unspecified atom stereocenters. The fourth-order valence-electron chi connectivity index (χ4n) is 4.07. The second-order valence-corrected chi connectivity index (χ2v) is 7.35. The van der Waals surface area contributed by atoms with Gasteiger partial charge in [-0.05, 0) is 36.4 Å². The number of methoxy groups -OCH3 is 2. The van der Waals surface area contributed by atoms with Gasteiger partial charge in [0.25, 0.3) is 5.91 Å². The average molecular weight is 445 g/mol.